The molecular formula is C26H26FN3O4S. The molecule has 9 heteroatoms. The van der Waals surface area contributed by atoms with Crippen LogP contribution in [-0.2, 0) is 14.8 Å². The van der Waals surface area contributed by atoms with E-state index >= 15 is 0 Å². The largest absolute Gasteiger partial charge is 0.339 e. The molecule has 0 radical (unpaired) electrons. The number of nitrogens with one attached hydrogen (secondary N) is 2. The fourth-order valence-corrected chi connectivity index (χ4v) is 5.00. The molecule has 0 saturated carbocycles. The topological polar surface area (TPSA) is 95.6 Å². The van der Waals surface area contributed by atoms with Gasteiger partial charge in [0.15, 0.2) is 0 Å². The number of hydrogen-bond donors (Lipinski definition) is 2. The molecule has 0 spiro atoms. The molecule has 0 aliphatic carbocycles. The van der Waals surface area contributed by atoms with Gasteiger partial charge in [0.05, 0.1) is 4.90 Å². The number of sulfonamides is 1. The highest BCUT2D eigenvalue weighted by Crippen LogP contribution is 2.23. The number of hydrogen-bond acceptors (Lipinski definition) is 4. The highest BCUT2D eigenvalue weighted by atomic mass is 32.2. The Bertz CT molecular complexity index is 1320. The summed E-state index contributed by atoms with van der Waals surface area (Å²) in [6.07, 6.45) is 0.972. The van der Waals surface area contributed by atoms with Gasteiger partial charge in [-0.3, -0.25) is 14.3 Å². The molecule has 1 heterocycles. The monoisotopic (exact) mass is 495 g/mol. The Balaban J connectivity index is 1.31. The average Bonchev–Trinajstić information content (AvgIpc) is 2.85. The van der Waals surface area contributed by atoms with Gasteiger partial charge in [0.2, 0.25) is 5.91 Å². The van der Waals surface area contributed by atoms with Gasteiger partial charge in [0.25, 0.3) is 15.9 Å². The predicted molar refractivity (Wildman–Crippen MR) is 132 cm³/mol. The van der Waals surface area contributed by atoms with Gasteiger partial charge in [-0.2, -0.15) is 0 Å². The lowest BCUT2D eigenvalue weighted by molar-refractivity contribution is -0.121. The second-order valence-corrected chi connectivity index (χ2v) is 10.2. The smallest absolute Gasteiger partial charge is 0.261 e. The molecule has 2 amide bonds. The van der Waals surface area contributed by atoms with E-state index in [4.69, 9.17) is 0 Å². The van der Waals surface area contributed by atoms with Gasteiger partial charge in [-0.1, -0.05) is 23.8 Å². The Morgan fingerprint density at radius 1 is 0.914 bits per heavy atom. The Morgan fingerprint density at radius 3 is 2.17 bits per heavy atom. The number of anilines is 2. The van der Waals surface area contributed by atoms with E-state index in [9.17, 15) is 22.4 Å². The van der Waals surface area contributed by atoms with Gasteiger partial charge in [0.1, 0.15) is 5.82 Å². The van der Waals surface area contributed by atoms with Gasteiger partial charge in [0, 0.05) is 35.9 Å². The average molecular weight is 496 g/mol. The number of benzene rings is 3. The summed E-state index contributed by atoms with van der Waals surface area (Å²) in [5.74, 6) is -1.18. The number of amides is 2. The fraction of sp³-hybridized carbons (Fsp3) is 0.231. The quantitative estimate of drug-likeness (QED) is 0.529. The molecule has 0 atom stereocenters. The van der Waals surface area contributed by atoms with Crippen LogP contribution in [-0.4, -0.2) is 38.2 Å². The summed E-state index contributed by atoms with van der Waals surface area (Å²) in [7, 11) is -3.76. The van der Waals surface area contributed by atoms with Crippen LogP contribution >= 0.6 is 0 Å². The standard InChI is InChI=1S/C26H26FN3O4S/c1-18-5-7-23(8-6-18)29-35(33,34)24-11-9-22(10-12-24)28-25(31)19-13-15-30(16-14-19)26(32)20-3-2-4-21(27)17-20/h2-12,17,19,29H,13-16H2,1H3,(H,28,31). The molecule has 35 heavy (non-hydrogen) atoms. The maximum absolute atomic E-state index is 13.4. The third kappa shape index (κ3) is 6.05. The first-order valence-electron chi connectivity index (χ1n) is 11.3. The number of piperidine rings is 1. The van der Waals surface area contributed by atoms with Gasteiger partial charge < -0.3 is 10.2 Å². The van der Waals surface area contributed by atoms with E-state index in [1.807, 2.05) is 19.1 Å². The molecular weight excluding hydrogens is 469 g/mol. The molecule has 1 aliphatic heterocycles. The van der Waals surface area contributed by atoms with Crippen LogP contribution in [0.5, 0.6) is 0 Å². The Morgan fingerprint density at radius 2 is 1.54 bits per heavy atom. The second kappa shape index (κ2) is 10.3. The van der Waals surface area contributed by atoms with Crippen LogP contribution in [0.2, 0.25) is 0 Å². The molecule has 4 rings (SSSR count). The number of halogens is 1. The Kier molecular flexibility index (Phi) is 7.16. The highest BCUT2D eigenvalue weighted by Gasteiger charge is 2.28. The zero-order valence-electron chi connectivity index (χ0n) is 19.2. The molecule has 0 unspecified atom stereocenters. The summed E-state index contributed by atoms with van der Waals surface area (Å²) >= 11 is 0. The van der Waals surface area contributed by atoms with Gasteiger partial charge in [-0.25, -0.2) is 12.8 Å². The summed E-state index contributed by atoms with van der Waals surface area (Å²) in [5, 5.41) is 2.82. The maximum Gasteiger partial charge on any atom is 0.261 e. The first kappa shape index (κ1) is 24.4. The number of likely N-dealkylation sites (tertiary alicyclic amines) is 1. The molecule has 0 bridgehead atoms. The number of carbonyl (C=O) groups excluding carboxylic acids is 2. The fourth-order valence-electron chi connectivity index (χ4n) is 3.95. The van der Waals surface area contributed by atoms with Crippen molar-refractivity contribution in [3.8, 4) is 0 Å². The van der Waals surface area contributed by atoms with Crippen molar-refractivity contribution in [1.82, 2.24) is 4.90 Å². The van der Waals surface area contributed by atoms with Gasteiger partial charge >= 0.3 is 0 Å². The summed E-state index contributed by atoms with van der Waals surface area (Å²) in [6.45, 7) is 2.71. The molecule has 1 saturated heterocycles. The van der Waals surface area contributed by atoms with Crippen molar-refractivity contribution in [2.45, 2.75) is 24.7 Å². The van der Waals surface area contributed by atoms with Crippen molar-refractivity contribution in [3.05, 3.63) is 89.7 Å². The van der Waals surface area contributed by atoms with E-state index in [0.29, 0.717) is 42.9 Å². The molecule has 0 aromatic heterocycles. The Labute approximate surface area is 204 Å². The van der Waals surface area contributed by atoms with E-state index in [1.54, 1.807) is 35.2 Å². The molecule has 1 fully saturated rings. The first-order chi connectivity index (χ1) is 16.7. The van der Waals surface area contributed by atoms with E-state index in [2.05, 4.69) is 10.0 Å². The van der Waals surface area contributed by atoms with Gasteiger partial charge in [-0.05, 0) is 74.4 Å². The van der Waals surface area contributed by atoms with E-state index in [0.717, 1.165) is 5.56 Å². The predicted octanol–water partition coefficient (Wildman–Crippen LogP) is 4.43. The Hall–Kier alpha value is -3.72. The van der Waals surface area contributed by atoms with E-state index in [1.165, 1.54) is 30.3 Å². The van der Waals surface area contributed by atoms with Crippen molar-refractivity contribution in [1.29, 1.82) is 0 Å². The lowest BCUT2D eigenvalue weighted by Crippen LogP contribution is -2.41. The SMILES string of the molecule is Cc1ccc(NS(=O)(=O)c2ccc(NC(=O)C3CCN(C(=O)c4cccc(F)c4)CC3)cc2)cc1. The van der Waals surface area contributed by atoms with Crippen LogP contribution in [0.3, 0.4) is 0 Å². The minimum atomic E-state index is -3.76. The molecule has 1 aliphatic rings. The zero-order chi connectivity index (χ0) is 25.0. The van der Waals surface area contributed by atoms with Crippen LogP contribution in [0, 0.1) is 18.7 Å². The van der Waals surface area contributed by atoms with Crippen LogP contribution < -0.4 is 10.0 Å². The molecule has 3 aromatic rings. The molecule has 3 aromatic carbocycles. The minimum Gasteiger partial charge on any atom is -0.339 e. The zero-order valence-corrected chi connectivity index (χ0v) is 20.0. The van der Waals surface area contributed by atoms with Crippen molar-refractivity contribution in [2.24, 2.45) is 5.92 Å². The van der Waals surface area contributed by atoms with Crippen LogP contribution in [0.15, 0.2) is 77.7 Å². The summed E-state index contributed by atoms with van der Waals surface area (Å²) in [4.78, 5) is 27.0. The van der Waals surface area contributed by atoms with Crippen molar-refractivity contribution in [3.63, 3.8) is 0 Å². The maximum atomic E-state index is 13.4. The molecule has 2 N–H and O–H groups in total. The normalized spacial score (nSPS) is 14.4. The number of nitrogens with zero attached hydrogens (tertiary/aromatic N) is 1. The summed E-state index contributed by atoms with van der Waals surface area (Å²) in [6, 6.07) is 18.6. The lowest BCUT2D eigenvalue weighted by Gasteiger charge is -2.31. The van der Waals surface area contributed by atoms with Crippen LogP contribution in [0.1, 0.15) is 28.8 Å². The van der Waals surface area contributed by atoms with E-state index < -0.39 is 15.8 Å². The van der Waals surface area contributed by atoms with Crippen molar-refractivity contribution >= 4 is 33.2 Å². The third-order valence-electron chi connectivity index (χ3n) is 5.96. The second-order valence-electron chi connectivity index (χ2n) is 8.56. The summed E-state index contributed by atoms with van der Waals surface area (Å²) < 4.78 is 41.2. The minimum absolute atomic E-state index is 0.0836. The lowest BCUT2D eigenvalue weighted by atomic mass is 9.95. The number of rotatable bonds is 6. The van der Waals surface area contributed by atoms with Crippen LogP contribution in [0.4, 0.5) is 15.8 Å². The van der Waals surface area contributed by atoms with Gasteiger partial charge in [-0.15, -0.1) is 0 Å². The van der Waals surface area contributed by atoms with Crippen molar-refractivity contribution < 1.29 is 22.4 Å². The molecule has 7 nitrogen and oxygen atoms in total. The third-order valence-corrected chi connectivity index (χ3v) is 7.36. The number of aryl methyl sites for hydroxylation is 1. The first-order valence-corrected chi connectivity index (χ1v) is 12.7. The highest BCUT2D eigenvalue weighted by molar-refractivity contribution is 7.92. The van der Waals surface area contributed by atoms with Crippen LogP contribution in [0.25, 0.3) is 0 Å². The summed E-state index contributed by atoms with van der Waals surface area (Å²) in [5.41, 5.74) is 2.27. The number of carbonyl (C=O) groups is 2. The van der Waals surface area contributed by atoms with Crippen molar-refractivity contribution in [2.75, 3.05) is 23.1 Å². The van der Waals surface area contributed by atoms with E-state index in [-0.39, 0.29) is 22.6 Å². The molecule has 182 valence electrons.